The van der Waals surface area contributed by atoms with Crippen molar-refractivity contribution in [2.75, 3.05) is 13.2 Å². The predicted molar refractivity (Wildman–Crippen MR) is 259 cm³/mol. The lowest BCUT2D eigenvalue weighted by molar-refractivity contribution is -0.305. The van der Waals surface area contributed by atoms with Crippen molar-refractivity contribution >= 4 is 32.8 Å². The third kappa shape index (κ3) is 12.8. The van der Waals surface area contributed by atoms with Crippen LogP contribution in [0, 0.1) is 5.41 Å². The van der Waals surface area contributed by atoms with E-state index >= 15 is 0 Å². The first-order chi connectivity index (χ1) is 29.1. The quantitative estimate of drug-likeness (QED) is 0.0877. The van der Waals surface area contributed by atoms with E-state index < -0.39 is 33.9 Å². The molecule has 340 valence electrons. The van der Waals surface area contributed by atoms with Crippen LogP contribution in [0.25, 0.3) is 0 Å². The van der Waals surface area contributed by atoms with Gasteiger partial charge in [0.05, 0.1) is 43.7 Å². The van der Waals surface area contributed by atoms with Crippen molar-refractivity contribution in [2.24, 2.45) is 5.41 Å². The molecular weight excluding hydrogens is 805 g/mol. The Labute approximate surface area is 377 Å². The molecule has 62 heavy (non-hydrogen) atoms. The summed E-state index contributed by atoms with van der Waals surface area (Å²) in [6.07, 6.45) is 6.61. The first-order valence-electron chi connectivity index (χ1n) is 23.0. The summed E-state index contributed by atoms with van der Waals surface area (Å²) in [6, 6.07) is 31.7. The van der Waals surface area contributed by atoms with E-state index in [4.69, 9.17) is 27.8 Å². The monoisotopic (exact) mass is 883 g/mol. The molecule has 2 aliphatic heterocycles. The second kappa shape index (κ2) is 20.9. The minimum Gasteiger partial charge on any atom is -0.413 e. The van der Waals surface area contributed by atoms with Gasteiger partial charge in [-0.1, -0.05) is 164 Å². The van der Waals surface area contributed by atoms with Gasteiger partial charge in [0.25, 0.3) is 8.32 Å². The Morgan fingerprint density at radius 2 is 1.35 bits per heavy atom. The van der Waals surface area contributed by atoms with Gasteiger partial charge in [0.2, 0.25) is 0 Å². The number of Topliss-reactive ketones (excluding diaryl/α,β-unsaturated/α-hetero) is 1. The number of hydrogen-bond acceptors (Lipinski definition) is 7. The molecule has 0 unspecified atom stereocenters. The molecule has 2 fully saturated rings. The largest absolute Gasteiger partial charge is 0.413 e. The molecule has 3 aromatic carbocycles. The molecule has 0 spiro atoms. The zero-order chi connectivity index (χ0) is 45.4. The first kappa shape index (κ1) is 50.0. The highest BCUT2D eigenvalue weighted by Gasteiger charge is 2.50. The summed E-state index contributed by atoms with van der Waals surface area (Å²) >= 11 is 0. The molecule has 3 aromatic rings. The van der Waals surface area contributed by atoms with Crippen molar-refractivity contribution in [3.63, 3.8) is 0 Å². The molecule has 0 amide bonds. The van der Waals surface area contributed by atoms with Crippen LogP contribution >= 0.6 is 0 Å². The molecule has 9 heteroatoms. The lowest BCUT2D eigenvalue weighted by Crippen LogP contribution is -2.66. The average Bonchev–Trinajstić information content (AvgIpc) is 3.20. The van der Waals surface area contributed by atoms with Crippen LogP contribution in [-0.4, -0.2) is 71.9 Å². The van der Waals surface area contributed by atoms with Crippen molar-refractivity contribution in [3.05, 3.63) is 121 Å². The maximum absolute atomic E-state index is 14.6. The average molecular weight is 883 g/mol. The Bertz CT molecular complexity index is 1860. The van der Waals surface area contributed by atoms with E-state index in [9.17, 15) is 4.79 Å². The minimum atomic E-state index is -2.71. The fourth-order valence-electron chi connectivity index (χ4n) is 8.86. The van der Waals surface area contributed by atoms with Crippen molar-refractivity contribution in [1.29, 1.82) is 0 Å². The molecule has 5 atom stereocenters. The normalized spacial score (nSPS) is 22.6. The van der Waals surface area contributed by atoms with E-state index in [1.165, 1.54) is 15.9 Å². The summed E-state index contributed by atoms with van der Waals surface area (Å²) in [5, 5.41) is 2.53. The van der Waals surface area contributed by atoms with Crippen LogP contribution < -0.4 is 10.4 Å². The van der Waals surface area contributed by atoms with Crippen LogP contribution in [0.5, 0.6) is 0 Å². The third-order valence-corrected chi connectivity index (χ3v) is 23.1. The molecule has 0 aliphatic carbocycles. The fraction of sp³-hybridized carbons (Fsp3) is 0.566. The van der Waals surface area contributed by atoms with Crippen molar-refractivity contribution < 1.29 is 32.6 Å². The zero-order valence-electron chi connectivity index (χ0n) is 40.1. The smallest absolute Gasteiger partial charge is 0.261 e. The van der Waals surface area contributed by atoms with Gasteiger partial charge in [0.1, 0.15) is 5.78 Å². The van der Waals surface area contributed by atoms with Crippen LogP contribution in [0.3, 0.4) is 0 Å². The Balaban J connectivity index is 1.32. The van der Waals surface area contributed by atoms with Gasteiger partial charge >= 0.3 is 0 Å². The number of hydrogen-bond donors (Lipinski definition) is 0. The highest BCUT2D eigenvalue weighted by Crippen LogP contribution is 2.40. The van der Waals surface area contributed by atoms with Crippen LogP contribution in [0.15, 0.2) is 115 Å². The molecule has 0 radical (unpaired) electrons. The number of ether oxygens (including phenoxy) is 4. The summed E-state index contributed by atoms with van der Waals surface area (Å²) in [5.41, 5.74) is 1.49. The summed E-state index contributed by atoms with van der Waals surface area (Å²) in [5.74, 6) is -0.709. The van der Waals surface area contributed by atoms with Gasteiger partial charge in [0, 0.05) is 31.3 Å². The predicted octanol–water partition coefficient (Wildman–Crippen LogP) is 11.5. The van der Waals surface area contributed by atoms with Crippen LogP contribution in [0.2, 0.25) is 23.2 Å². The fourth-order valence-corrected chi connectivity index (χ4v) is 14.4. The highest BCUT2D eigenvalue weighted by atomic mass is 28.4. The second-order valence-electron chi connectivity index (χ2n) is 21.2. The second-order valence-corrected chi connectivity index (χ2v) is 30.3. The Hall–Kier alpha value is -3.00. The Morgan fingerprint density at radius 1 is 0.790 bits per heavy atom. The van der Waals surface area contributed by atoms with Crippen LogP contribution in [-0.2, 0) is 39.2 Å². The molecule has 0 aromatic heterocycles. The van der Waals surface area contributed by atoms with Gasteiger partial charge in [-0.3, -0.25) is 4.79 Å². The van der Waals surface area contributed by atoms with E-state index in [0.29, 0.717) is 45.5 Å². The number of benzene rings is 3. The first-order valence-corrected chi connectivity index (χ1v) is 27.8. The molecule has 0 bridgehead atoms. The van der Waals surface area contributed by atoms with Gasteiger partial charge in [-0.05, 0) is 72.2 Å². The van der Waals surface area contributed by atoms with E-state index in [1.54, 1.807) is 0 Å². The highest BCUT2D eigenvalue weighted by molar-refractivity contribution is 6.99. The molecular formula is C53H78O7Si2. The Kier molecular flexibility index (Phi) is 16.8. The van der Waals surface area contributed by atoms with Gasteiger partial charge in [0.15, 0.2) is 14.1 Å². The van der Waals surface area contributed by atoms with Crippen LogP contribution in [0.4, 0.5) is 0 Å². The van der Waals surface area contributed by atoms with Crippen LogP contribution in [0.1, 0.15) is 113 Å². The van der Waals surface area contributed by atoms with E-state index in [2.05, 4.69) is 140 Å². The van der Waals surface area contributed by atoms with E-state index in [-0.39, 0.29) is 46.7 Å². The molecule has 7 nitrogen and oxygen atoms in total. The number of ketones is 1. The van der Waals surface area contributed by atoms with Crippen molar-refractivity contribution in [3.8, 4) is 0 Å². The summed E-state index contributed by atoms with van der Waals surface area (Å²) < 4.78 is 40.4. The third-order valence-electron chi connectivity index (χ3n) is 13.5. The minimum absolute atomic E-state index is 0.104. The van der Waals surface area contributed by atoms with Crippen molar-refractivity contribution in [2.45, 2.75) is 174 Å². The summed E-state index contributed by atoms with van der Waals surface area (Å²) in [6.45, 7) is 31.9. The lowest BCUT2D eigenvalue weighted by atomic mass is 9.76. The van der Waals surface area contributed by atoms with Gasteiger partial charge in [-0.25, -0.2) is 0 Å². The van der Waals surface area contributed by atoms with E-state index in [1.807, 2.05) is 52.0 Å². The zero-order valence-corrected chi connectivity index (χ0v) is 42.1. The number of carbonyl (C=O) groups excluding carboxylic acids is 1. The topological polar surface area (TPSA) is 72.5 Å². The standard InChI is InChI=1S/C53H78O7Si2/c1-14-42-34-41(30-32-56-61(12,13)50(2,3)4)35-44(58-42)37-48(54)52(8,9)49(55-39-40-24-18-15-19-25-40)38-45-36-43(59-53(10,11)60-45)31-33-57-62(51(5,6)7,46-26-20-16-21-27-46)47-28-22-17-23-29-47/h14-30,42-45,49H,1,31-39H2,2-13H3/b41-30-/t42-,43-,44-,45+,49-/m0/s1. The summed E-state index contributed by atoms with van der Waals surface area (Å²) in [7, 11) is -4.61. The van der Waals surface area contributed by atoms with E-state index in [0.717, 1.165) is 12.0 Å². The number of carbonyl (C=O) groups is 1. The summed E-state index contributed by atoms with van der Waals surface area (Å²) in [4.78, 5) is 14.6. The molecule has 5 rings (SSSR count). The number of rotatable bonds is 19. The maximum Gasteiger partial charge on any atom is 0.261 e. The SMILES string of the molecule is C=C[C@H]1C/C(=C/CO[Si](C)(C)C(C)(C)C)C[C@@H](CC(=O)C(C)(C)[C@H](C[C@H]2C[C@H](CCO[Si](c3ccccc3)(c3ccccc3)C(C)(C)C)OC(C)(C)O2)OCc2ccccc2)O1. The molecule has 0 saturated carbocycles. The molecule has 0 N–H and O–H groups in total. The molecule has 2 aliphatic rings. The van der Waals surface area contributed by atoms with Gasteiger partial charge in [-0.15, -0.1) is 6.58 Å². The molecule has 2 heterocycles. The van der Waals surface area contributed by atoms with Crippen molar-refractivity contribution in [1.82, 2.24) is 0 Å². The van der Waals surface area contributed by atoms with Gasteiger partial charge < -0.3 is 27.8 Å². The molecule has 2 saturated heterocycles. The lowest BCUT2D eigenvalue weighted by Gasteiger charge is -2.45. The maximum atomic E-state index is 14.6. The van der Waals surface area contributed by atoms with Gasteiger partial charge in [-0.2, -0.15) is 0 Å². The Morgan fingerprint density at radius 3 is 1.90 bits per heavy atom.